The third-order valence-electron chi connectivity index (χ3n) is 1.52. The van der Waals surface area contributed by atoms with Crippen LogP contribution in [0.3, 0.4) is 0 Å². The first-order valence-electron chi connectivity index (χ1n) is 3.32. The van der Waals surface area contributed by atoms with E-state index in [-0.39, 0.29) is 0 Å². The number of fused-ring (bicyclic) bond motifs is 1. The predicted octanol–water partition coefficient (Wildman–Crippen LogP) is 1.94. The van der Waals surface area contributed by atoms with Gasteiger partial charge >= 0.3 is 0 Å². The zero-order chi connectivity index (χ0) is 6.97. The fourth-order valence-corrected chi connectivity index (χ4v) is 1.73. The van der Waals surface area contributed by atoms with Crippen molar-refractivity contribution in [2.75, 3.05) is 11.9 Å². The zero-order valence-corrected chi connectivity index (χ0v) is 6.57. The van der Waals surface area contributed by atoms with Crippen molar-refractivity contribution in [2.45, 2.75) is 13.0 Å². The first kappa shape index (κ1) is 6.04. The maximum absolute atomic E-state index is 5.42. The van der Waals surface area contributed by atoms with Gasteiger partial charge in [0.05, 0.1) is 11.7 Å². The molecule has 1 aromatic rings. The molecular formula is C7H9NOS. The summed E-state index contributed by atoms with van der Waals surface area (Å²) in [5, 5.41) is 7.42. The SMILES string of the molecule is CC1COc2cscc2N1. The summed E-state index contributed by atoms with van der Waals surface area (Å²) < 4.78 is 5.42. The van der Waals surface area contributed by atoms with Gasteiger partial charge in [0, 0.05) is 10.8 Å². The zero-order valence-electron chi connectivity index (χ0n) is 5.76. The molecule has 3 heteroatoms. The molecule has 1 aliphatic heterocycles. The van der Waals surface area contributed by atoms with Crippen molar-refractivity contribution < 1.29 is 4.74 Å². The van der Waals surface area contributed by atoms with E-state index in [1.807, 2.05) is 5.38 Å². The van der Waals surface area contributed by atoms with Gasteiger partial charge in [-0.2, -0.15) is 0 Å². The first-order valence-corrected chi connectivity index (χ1v) is 4.26. The van der Waals surface area contributed by atoms with E-state index < -0.39 is 0 Å². The average Bonchev–Trinajstić information content (AvgIpc) is 2.33. The second kappa shape index (κ2) is 2.16. The highest BCUT2D eigenvalue weighted by Crippen LogP contribution is 2.32. The van der Waals surface area contributed by atoms with Gasteiger partial charge in [-0.05, 0) is 6.92 Å². The third-order valence-corrected chi connectivity index (χ3v) is 2.24. The molecule has 1 unspecified atom stereocenters. The average molecular weight is 155 g/mol. The summed E-state index contributed by atoms with van der Waals surface area (Å²) >= 11 is 1.67. The molecule has 0 aliphatic carbocycles. The summed E-state index contributed by atoms with van der Waals surface area (Å²) in [5.74, 6) is 1.00. The number of hydrogen-bond donors (Lipinski definition) is 1. The lowest BCUT2D eigenvalue weighted by Crippen LogP contribution is -2.27. The number of nitrogens with one attached hydrogen (secondary N) is 1. The summed E-state index contributed by atoms with van der Waals surface area (Å²) in [6, 6.07) is 0.446. The quantitative estimate of drug-likeness (QED) is 0.618. The van der Waals surface area contributed by atoms with E-state index in [4.69, 9.17) is 4.74 Å². The molecule has 2 heterocycles. The molecule has 1 N–H and O–H groups in total. The van der Waals surface area contributed by atoms with Crippen molar-refractivity contribution in [3.63, 3.8) is 0 Å². The van der Waals surface area contributed by atoms with E-state index in [9.17, 15) is 0 Å². The Labute approximate surface area is 63.8 Å². The van der Waals surface area contributed by atoms with Gasteiger partial charge in [0.25, 0.3) is 0 Å². The minimum Gasteiger partial charge on any atom is -0.488 e. The van der Waals surface area contributed by atoms with E-state index in [1.165, 1.54) is 0 Å². The maximum atomic E-state index is 5.42. The molecule has 1 aliphatic rings. The van der Waals surface area contributed by atoms with Gasteiger partial charge in [-0.1, -0.05) is 0 Å². The van der Waals surface area contributed by atoms with Gasteiger partial charge in [-0.25, -0.2) is 0 Å². The van der Waals surface area contributed by atoms with Gasteiger partial charge in [0.15, 0.2) is 5.75 Å². The molecular weight excluding hydrogens is 146 g/mol. The summed E-state index contributed by atoms with van der Waals surface area (Å²) in [6.45, 7) is 2.89. The molecule has 0 bridgehead atoms. The van der Waals surface area contributed by atoms with E-state index in [2.05, 4.69) is 17.6 Å². The molecule has 10 heavy (non-hydrogen) atoms. The lowest BCUT2D eigenvalue weighted by Gasteiger charge is -2.21. The van der Waals surface area contributed by atoms with Crippen molar-refractivity contribution in [3.05, 3.63) is 10.8 Å². The smallest absolute Gasteiger partial charge is 0.153 e. The van der Waals surface area contributed by atoms with Crippen LogP contribution < -0.4 is 10.1 Å². The van der Waals surface area contributed by atoms with E-state index >= 15 is 0 Å². The monoisotopic (exact) mass is 155 g/mol. The fraction of sp³-hybridized carbons (Fsp3) is 0.429. The topological polar surface area (TPSA) is 21.3 Å². The van der Waals surface area contributed by atoms with E-state index in [0.717, 1.165) is 18.0 Å². The number of anilines is 1. The Morgan fingerprint density at radius 2 is 2.60 bits per heavy atom. The number of ether oxygens (including phenoxy) is 1. The summed E-state index contributed by atoms with van der Waals surface area (Å²) in [4.78, 5) is 0. The van der Waals surface area contributed by atoms with E-state index in [1.54, 1.807) is 11.3 Å². The van der Waals surface area contributed by atoms with Crippen molar-refractivity contribution in [2.24, 2.45) is 0 Å². The first-order chi connectivity index (χ1) is 4.86. The Balaban J connectivity index is 2.30. The van der Waals surface area contributed by atoms with Gasteiger partial charge in [0.2, 0.25) is 0 Å². The number of thiophene rings is 1. The van der Waals surface area contributed by atoms with Crippen molar-refractivity contribution in [1.82, 2.24) is 0 Å². The predicted molar refractivity (Wildman–Crippen MR) is 42.9 cm³/mol. The molecule has 0 aromatic carbocycles. The molecule has 0 saturated carbocycles. The summed E-state index contributed by atoms with van der Waals surface area (Å²) in [6.07, 6.45) is 0. The largest absolute Gasteiger partial charge is 0.488 e. The molecule has 0 saturated heterocycles. The summed E-state index contributed by atoms with van der Waals surface area (Å²) in [7, 11) is 0. The number of hydrogen-bond acceptors (Lipinski definition) is 3. The van der Waals surface area contributed by atoms with Crippen LogP contribution in [0.2, 0.25) is 0 Å². The molecule has 2 nitrogen and oxygen atoms in total. The van der Waals surface area contributed by atoms with Crippen molar-refractivity contribution in [1.29, 1.82) is 0 Å². The second-order valence-corrected chi connectivity index (χ2v) is 3.25. The van der Waals surface area contributed by atoms with E-state index in [0.29, 0.717) is 6.04 Å². The van der Waals surface area contributed by atoms with Gasteiger partial charge in [0.1, 0.15) is 6.61 Å². The highest BCUT2D eigenvalue weighted by Gasteiger charge is 2.14. The van der Waals surface area contributed by atoms with Crippen LogP contribution in [0.4, 0.5) is 5.69 Å². The molecule has 1 aromatic heterocycles. The standard InChI is InChI=1S/C7H9NOS/c1-5-2-9-7-4-10-3-6(7)8-5/h3-5,8H,2H2,1H3. The Morgan fingerprint density at radius 1 is 1.70 bits per heavy atom. The van der Waals surface area contributed by atoms with Crippen molar-refractivity contribution >= 4 is 17.0 Å². The lowest BCUT2D eigenvalue weighted by atomic mass is 10.3. The molecule has 1 atom stereocenters. The fourth-order valence-electron chi connectivity index (χ4n) is 1.02. The van der Waals surface area contributed by atoms with Crippen molar-refractivity contribution in [3.8, 4) is 5.75 Å². The van der Waals surface area contributed by atoms with Crippen LogP contribution in [0.5, 0.6) is 5.75 Å². The Kier molecular flexibility index (Phi) is 1.31. The second-order valence-electron chi connectivity index (χ2n) is 2.51. The lowest BCUT2D eigenvalue weighted by molar-refractivity contribution is 0.293. The molecule has 54 valence electrons. The Morgan fingerprint density at radius 3 is 3.50 bits per heavy atom. The van der Waals surface area contributed by atoms with Gasteiger partial charge in [-0.15, -0.1) is 11.3 Å². The molecule has 0 fully saturated rings. The molecule has 0 amide bonds. The van der Waals surface area contributed by atoms with Crippen LogP contribution in [0.25, 0.3) is 0 Å². The minimum atomic E-state index is 0.446. The highest BCUT2D eigenvalue weighted by atomic mass is 32.1. The Bertz CT molecular complexity index is 233. The van der Waals surface area contributed by atoms with Gasteiger partial charge in [-0.3, -0.25) is 0 Å². The molecule has 0 spiro atoms. The molecule has 2 rings (SSSR count). The van der Waals surface area contributed by atoms with Crippen LogP contribution in [-0.4, -0.2) is 12.6 Å². The van der Waals surface area contributed by atoms with Crippen LogP contribution in [0.15, 0.2) is 10.8 Å². The number of rotatable bonds is 0. The van der Waals surface area contributed by atoms with Crippen LogP contribution in [0, 0.1) is 0 Å². The maximum Gasteiger partial charge on any atom is 0.153 e. The third kappa shape index (κ3) is 0.865. The molecule has 0 radical (unpaired) electrons. The van der Waals surface area contributed by atoms with Crippen LogP contribution in [-0.2, 0) is 0 Å². The van der Waals surface area contributed by atoms with Crippen LogP contribution >= 0.6 is 11.3 Å². The summed E-state index contributed by atoms with van der Waals surface area (Å²) in [5.41, 5.74) is 1.14. The minimum absolute atomic E-state index is 0.446. The Hall–Kier alpha value is -0.700. The van der Waals surface area contributed by atoms with Gasteiger partial charge < -0.3 is 10.1 Å². The normalized spacial score (nSPS) is 22.7. The van der Waals surface area contributed by atoms with Crippen LogP contribution in [0.1, 0.15) is 6.92 Å². The highest BCUT2D eigenvalue weighted by molar-refractivity contribution is 7.08.